The van der Waals surface area contributed by atoms with Crippen molar-refractivity contribution in [2.75, 3.05) is 39.4 Å². The molecule has 1 aliphatic rings. The fourth-order valence-electron chi connectivity index (χ4n) is 1.16. The van der Waals surface area contributed by atoms with Gasteiger partial charge in [-0.25, -0.2) is 0 Å². The molecule has 1 rings (SSSR count). The van der Waals surface area contributed by atoms with E-state index in [-0.39, 0.29) is 24.8 Å². The Bertz CT molecular complexity index is 156. The lowest BCUT2D eigenvalue weighted by molar-refractivity contribution is 0.0389. The van der Waals surface area contributed by atoms with Crippen molar-refractivity contribution in [3.8, 4) is 0 Å². The Hall–Kier alpha value is 0.190. The number of hydrogen-bond donors (Lipinski definition) is 2. The molecule has 14 heavy (non-hydrogen) atoms. The quantitative estimate of drug-likeness (QED) is 0.701. The Balaban J connectivity index is 0. The number of morpholine rings is 1. The third-order valence-corrected chi connectivity index (χ3v) is 1.98. The van der Waals surface area contributed by atoms with Crippen molar-refractivity contribution >= 4 is 42.1 Å². The van der Waals surface area contributed by atoms with E-state index in [1.54, 1.807) is 0 Å². The van der Waals surface area contributed by atoms with Crippen molar-refractivity contribution in [2.24, 2.45) is 5.73 Å². The van der Waals surface area contributed by atoms with Crippen molar-refractivity contribution in [1.82, 2.24) is 10.2 Å². The minimum atomic E-state index is 0. The normalized spacial score (nSPS) is 16.3. The lowest BCUT2D eigenvalue weighted by Crippen LogP contribution is -2.42. The Morgan fingerprint density at radius 1 is 1.36 bits per heavy atom. The van der Waals surface area contributed by atoms with Crippen LogP contribution in [0.15, 0.2) is 0 Å². The van der Waals surface area contributed by atoms with Crippen molar-refractivity contribution in [1.29, 1.82) is 0 Å². The van der Waals surface area contributed by atoms with Crippen molar-refractivity contribution in [3.63, 3.8) is 0 Å². The largest absolute Gasteiger partial charge is 0.379 e. The van der Waals surface area contributed by atoms with Gasteiger partial charge in [0.05, 0.1) is 13.2 Å². The maximum atomic E-state index is 5.29. The predicted octanol–water partition coefficient (Wildman–Crippen LogP) is -0.00460. The monoisotopic (exact) mass is 261 g/mol. The molecule has 4 nitrogen and oxygen atoms in total. The van der Waals surface area contributed by atoms with Crippen molar-refractivity contribution < 1.29 is 4.74 Å². The van der Waals surface area contributed by atoms with Gasteiger partial charge in [-0.2, -0.15) is 0 Å². The van der Waals surface area contributed by atoms with Crippen LogP contribution in [0.1, 0.15) is 0 Å². The van der Waals surface area contributed by atoms with Crippen LogP contribution in [0.5, 0.6) is 0 Å². The van der Waals surface area contributed by atoms with Gasteiger partial charge in [-0.15, -0.1) is 24.8 Å². The molecule has 1 saturated heterocycles. The van der Waals surface area contributed by atoms with Gasteiger partial charge in [-0.05, 0) is 12.2 Å². The van der Waals surface area contributed by atoms with Crippen LogP contribution in [0, 0.1) is 0 Å². The van der Waals surface area contributed by atoms with E-state index in [0.717, 1.165) is 39.4 Å². The smallest absolute Gasteiger partial charge is 0.163 e. The van der Waals surface area contributed by atoms with E-state index in [4.69, 9.17) is 10.5 Å². The maximum Gasteiger partial charge on any atom is 0.163 e. The van der Waals surface area contributed by atoms with Crippen LogP contribution in [0.25, 0.3) is 0 Å². The average molecular weight is 262 g/mol. The Morgan fingerprint density at radius 3 is 2.43 bits per heavy atom. The van der Waals surface area contributed by atoms with Crippen LogP contribution in [-0.4, -0.2) is 49.4 Å². The molecule has 0 unspecified atom stereocenters. The molecule has 1 heterocycles. The third kappa shape index (κ3) is 7.58. The highest BCUT2D eigenvalue weighted by molar-refractivity contribution is 7.80. The summed E-state index contributed by atoms with van der Waals surface area (Å²) in [7, 11) is 0. The topological polar surface area (TPSA) is 50.5 Å². The van der Waals surface area contributed by atoms with Crippen molar-refractivity contribution in [3.05, 3.63) is 0 Å². The molecule has 1 aliphatic heterocycles. The first kappa shape index (κ1) is 16.6. The first-order valence-electron chi connectivity index (χ1n) is 4.12. The first-order chi connectivity index (χ1) is 5.79. The van der Waals surface area contributed by atoms with Crippen LogP contribution in [0.3, 0.4) is 0 Å². The van der Waals surface area contributed by atoms with E-state index < -0.39 is 0 Å². The second-order valence-corrected chi connectivity index (χ2v) is 3.18. The van der Waals surface area contributed by atoms with E-state index in [9.17, 15) is 0 Å². The number of nitrogens with one attached hydrogen (secondary N) is 1. The summed E-state index contributed by atoms with van der Waals surface area (Å²) in [5.74, 6) is 0. The van der Waals surface area contributed by atoms with E-state index in [0.29, 0.717) is 5.11 Å². The molecular weight excluding hydrogens is 245 g/mol. The zero-order valence-corrected chi connectivity index (χ0v) is 10.3. The lowest BCUT2D eigenvalue weighted by atomic mass is 10.4. The number of halogens is 2. The number of nitrogens with two attached hydrogens (primary N) is 1. The van der Waals surface area contributed by atoms with Gasteiger partial charge in [-0.1, -0.05) is 0 Å². The molecule has 0 aromatic carbocycles. The van der Waals surface area contributed by atoms with Gasteiger partial charge in [0.25, 0.3) is 0 Å². The summed E-state index contributed by atoms with van der Waals surface area (Å²) in [6, 6.07) is 0. The molecule has 0 amide bonds. The minimum absolute atomic E-state index is 0. The minimum Gasteiger partial charge on any atom is -0.379 e. The molecule has 0 aromatic rings. The number of hydrogen-bond acceptors (Lipinski definition) is 3. The molecule has 0 spiro atoms. The molecule has 1 fully saturated rings. The second-order valence-electron chi connectivity index (χ2n) is 2.75. The highest BCUT2D eigenvalue weighted by atomic mass is 35.5. The van der Waals surface area contributed by atoms with Crippen LogP contribution in [-0.2, 0) is 4.74 Å². The van der Waals surface area contributed by atoms with Crippen LogP contribution in [0.2, 0.25) is 0 Å². The number of thiocarbonyl (C=S) groups is 1. The van der Waals surface area contributed by atoms with E-state index in [1.807, 2.05) is 0 Å². The van der Waals surface area contributed by atoms with Crippen LogP contribution in [0.4, 0.5) is 0 Å². The van der Waals surface area contributed by atoms with Crippen LogP contribution < -0.4 is 11.1 Å². The fourth-order valence-corrected chi connectivity index (χ4v) is 1.26. The lowest BCUT2D eigenvalue weighted by Gasteiger charge is -2.26. The van der Waals surface area contributed by atoms with Gasteiger partial charge < -0.3 is 15.8 Å². The standard InChI is InChI=1S/C7H15N3OS.2ClH/c8-7(12)9-1-2-10-3-5-11-6-4-10;;/h1-6H2,(H3,8,9,12);2*1H. The van der Waals surface area contributed by atoms with Gasteiger partial charge >= 0.3 is 0 Å². The number of rotatable bonds is 3. The predicted molar refractivity (Wildman–Crippen MR) is 66.5 cm³/mol. The molecule has 0 atom stereocenters. The highest BCUT2D eigenvalue weighted by Gasteiger charge is 2.08. The average Bonchev–Trinajstić information content (AvgIpc) is 2.05. The third-order valence-electron chi connectivity index (χ3n) is 1.83. The second kappa shape index (κ2) is 9.73. The molecule has 0 bridgehead atoms. The molecule has 0 saturated carbocycles. The van der Waals surface area contributed by atoms with Gasteiger partial charge in [0.15, 0.2) is 5.11 Å². The SMILES string of the molecule is Cl.Cl.NC(=S)NCCN1CCOCC1. The maximum absolute atomic E-state index is 5.29. The molecule has 0 radical (unpaired) electrons. The Labute approximate surface area is 102 Å². The summed E-state index contributed by atoms with van der Waals surface area (Å²) in [5, 5.41) is 3.30. The molecule has 7 heteroatoms. The molecular formula is C7H17Cl2N3OS. The van der Waals surface area contributed by atoms with Gasteiger partial charge in [0.1, 0.15) is 0 Å². The Kier molecular flexibility index (Phi) is 11.6. The van der Waals surface area contributed by atoms with E-state index in [1.165, 1.54) is 0 Å². The van der Waals surface area contributed by atoms with Gasteiger partial charge in [0, 0.05) is 26.2 Å². The molecule has 0 aliphatic carbocycles. The summed E-state index contributed by atoms with van der Waals surface area (Å²) < 4.78 is 5.21. The summed E-state index contributed by atoms with van der Waals surface area (Å²) in [6.45, 7) is 5.52. The highest BCUT2D eigenvalue weighted by Crippen LogP contribution is 1.94. The molecule has 0 aromatic heterocycles. The molecule has 86 valence electrons. The fraction of sp³-hybridized carbons (Fsp3) is 0.857. The first-order valence-corrected chi connectivity index (χ1v) is 4.53. The van der Waals surface area contributed by atoms with Gasteiger partial charge in [0.2, 0.25) is 0 Å². The summed E-state index contributed by atoms with van der Waals surface area (Å²) in [5.41, 5.74) is 5.29. The van der Waals surface area contributed by atoms with Crippen LogP contribution >= 0.6 is 37.0 Å². The Morgan fingerprint density at radius 2 is 1.93 bits per heavy atom. The number of ether oxygens (including phenoxy) is 1. The van der Waals surface area contributed by atoms with Crippen molar-refractivity contribution in [2.45, 2.75) is 0 Å². The van der Waals surface area contributed by atoms with E-state index >= 15 is 0 Å². The number of nitrogens with zero attached hydrogens (tertiary/aromatic N) is 1. The van der Waals surface area contributed by atoms with Gasteiger partial charge in [-0.3, -0.25) is 4.90 Å². The zero-order chi connectivity index (χ0) is 8.81. The summed E-state index contributed by atoms with van der Waals surface area (Å²) in [4.78, 5) is 2.33. The molecule has 3 N–H and O–H groups in total. The summed E-state index contributed by atoms with van der Waals surface area (Å²) >= 11 is 4.69. The zero-order valence-electron chi connectivity index (χ0n) is 7.90. The summed E-state index contributed by atoms with van der Waals surface area (Å²) in [6.07, 6.45) is 0. The van der Waals surface area contributed by atoms with E-state index in [2.05, 4.69) is 22.4 Å².